The van der Waals surface area contributed by atoms with E-state index in [0.717, 1.165) is 10.8 Å². The quantitative estimate of drug-likeness (QED) is 0.779. The number of rotatable bonds is 6. The minimum absolute atomic E-state index is 0.330. The first-order valence-corrected chi connectivity index (χ1v) is 7.78. The van der Waals surface area contributed by atoms with Crippen molar-refractivity contribution in [2.75, 3.05) is 6.61 Å². The Morgan fingerprint density at radius 3 is 2.40 bits per heavy atom. The highest BCUT2D eigenvalue weighted by molar-refractivity contribution is 5.96. The van der Waals surface area contributed by atoms with Crippen molar-refractivity contribution in [3.8, 4) is 5.75 Å². The van der Waals surface area contributed by atoms with E-state index in [1.807, 2.05) is 41.7 Å². The molecule has 2 aromatic rings. The first kappa shape index (κ1) is 18.3. The summed E-state index contributed by atoms with van der Waals surface area (Å²) in [6.07, 6.45) is -1.12. The number of benzene rings is 2. The molecule has 0 aliphatic heterocycles. The van der Waals surface area contributed by atoms with Gasteiger partial charge in [-0.3, -0.25) is 10.1 Å². The molecule has 0 heterocycles. The fraction of sp³-hybridized carbons (Fsp3) is 0.278. The van der Waals surface area contributed by atoms with Crippen LogP contribution < -0.4 is 15.8 Å². The minimum atomic E-state index is -1.12. The number of fused-ring (bicyclic) bond motifs is 1. The van der Waals surface area contributed by atoms with Gasteiger partial charge in [0.2, 0.25) is 0 Å². The predicted octanol–water partition coefficient (Wildman–Crippen LogP) is 1.98. The summed E-state index contributed by atoms with van der Waals surface area (Å²) in [6.45, 7) is 3.01. The molecule has 0 radical (unpaired) electrons. The molecule has 0 aromatic heterocycles. The molecule has 3 N–H and O–H groups in total. The highest BCUT2D eigenvalue weighted by Crippen LogP contribution is 2.20. The topological polar surface area (TPSA) is 108 Å². The zero-order valence-corrected chi connectivity index (χ0v) is 14.0. The summed E-state index contributed by atoms with van der Waals surface area (Å²) < 4.78 is 10.5. The summed E-state index contributed by atoms with van der Waals surface area (Å²) in [6, 6.07) is 12.2. The lowest BCUT2D eigenvalue weighted by Gasteiger charge is -2.19. The largest absolute Gasteiger partial charge is 0.482 e. The molecule has 0 bridgehead atoms. The lowest BCUT2D eigenvalue weighted by atomic mass is 10.1. The highest BCUT2D eigenvalue weighted by atomic mass is 16.6. The fourth-order valence-electron chi connectivity index (χ4n) is 2.26. The molecule has 0 saturated heterocycles. The number of imide groups is 1. The summed E-state index contributed by atoms with van der Waals surface area (Å²) in [5, 5.41) is 3.94. The van der Waals surface area contributed by atoms with Gasteiger partial charge in [-0.2, -0.15) is 0 Å². The van der Waals surface area contributed by atoms with Crippen LogP contribution in [-0.2, 0) is 14.3 Å². The predicted molar refractivity (Wildman–Crippen MR) is 91.9 cm³/mol. The van der Waals surface area contributed by atoms with Gasteiger partial charge in [0.15, 0.2) is 12.7 Å². The molecule has 7 nitrogen and oxygen atoms in total. The number of hydrogen-bond donors (Lipinski definition) is 2. The third-order valence-electron chi connectivity index (χ3n) is 3.45. The number of urea groups is 1. The number of hydrogen-bond acceptors (Lipinski definition) is 5. The molecule has 1 atom stereocenters. The van der Waals surface area contributed by atoms with Crippen molar-refractivity contribution in [1.82, 2.24) is 5.32 Å². The summed E-state index contributed by atoms with van der Waals surface area (Å²) in [7, 11) is 0. The van der Waals surface area contributed by atoms with Gasteiger partial charge in [-0.1, -0.05) is 44.2 Å². The van der Waals surface area contributed by atoms with Gasteiger partial charge in [0.05, 0.1) is 0 Å². The van der Waals surface area contributed by atoms with Crippen LogP contribution in [0.15, 0.2) is 42.5 Å². The number of amides is 3. The summed E-state index contributed by atoms with van der Waals surface area (Å²) >= 11 is 0. The van der Waals surface area contributed by atoms with Crippen molar-refractivity contribution in [3.63, 3.8) is 0 Å². The van der Waals surface area contributed by atoms with Crippen LogP contribution in [-0.4, -0.2) is 30.6 Å². The average Bonchev–Trinajstić information content (AvgIpc) is 2.56. The van der Waals surface area contributed by atoms with Gasteiger partial charge < -0.3 is 15.2 Å². The van der Waals surface area contributed by atoms with E-state index in [1.54, 1.807) is 19.9 Å². The van der Waals surface area contributed by atoms with Crippen LogP contribution in [0.4, 0.5) is 4.79 Å². The van der Waals surface area contributed by atoms with Gasteiger partial charge in [0.25, 0.3) is 5.91 Å². The van der Waals surface area contributed by atoms with Gasteiger partial charge >= 0.3 is 12.0 Å². The van der Waals surface area contributed by atoms with Gasteiger partial charge in [0, 0.05) is 0 Å². The second-order valence-corrected chi connectivity index (χ2v) is 5.81. The Balaban J connectivity index is 1.95. The summed E-state index contributed by atoms with van der Waals surface area (Å²) in [5.41, 5.74) is 4.91. The van der Waals surface area contributed by atoms with Gasteiger partial charge in [-0.05, 0) is 28.8 Å². The monoisotopic (exact) mass is 344 g/mol. The normalized spacial score (nSPS) is 11.8. The second kappa shape index (κ2) is 8.14. The van der Waals surface area contributed by atoms with Crippen LogP contribution in [0.1, 0.15) is 13.8 Å². The molecule has 132 valence electrons. The van der Waals surface area contributed by atoms with E-state index < -0.39 is 24.0 Å². The number of ether oxygens (including phenoxy) is 2. The van der Waals surface area contributed by atoms with Crippen molar-refractivity contribution in [2.45, 2.75) is 20.0 Å². The Bertz CT molecular complexity index is 788. The highest BCUT2D eigenvalue weighted by Gasteiger charge is 2.27. The number of carbonyl (C=O) groups excluding carboxylic acids is 3. The third-order valence-corrected chi connectivity index (χ3v) is 3.45. The number of nitrogens with two attached hydrogens (primary N) is 1. The van der Waals surface area contributed by atoms with Crippen LogP contribution in [0.3, 0.4) is 0 Å². The first-order valence-electron chi connectivity index (χ1n) is 7.78. The van der Waals surface area contributed by atoms with Crippen molar-refractivity contribution in [1.29, 1.82) is 0 Å². The molecule has 0 saturated carbocycles. The summed E-state index contributed by atoms with van der Waals surface area (Å²) in [5.74, 6) is -1.30. The molecule has 25 heavy (non-hydrogen) atoms. The standard InChI is InChI=1S/C18H20N2O5/c1-11(2)16(17(22)20-18(19)23)25-15(21)10-24-14-8-7-12-5-3-4-6-13(12)9-14/h3-9,11,16H,10H2,1-2H3,(H3,19,20,22,23)/t16-/m0/s1. The fourth-order valence-corrected chi connectivity index (χ4v) is 2.26. The van der Waals surface area contributed by atoms with E-state index in [1.165, 1.54) is 0 Å². The van der Waals surface area contributed by atoms with E-state index in [9.17, 15) is 14.4 Å². The lowest BCUT2D eigenvalue weighted by Crippen LogP contribution is -2.46. The number of primary amides is 1. The van der Waals surface area contributed by atoms with Crippen LogP contribution in [0.2, 0.25) is 0 Å². The zero-order chi connectivity index (χ0) is 18.4. The van der Waals surface area contributed by atoms with Crippen LogP contribution in [0.25, 0.3) is 10.8 Å². The second-order valence-electron chi connectivity index (χ2n) is 5.81. The van der Waals surface area contributed by atoms with Gasteiger partial charge in [0.1, 0.15) is 5.75 Å². The molecule has 2 aromatic carbocycles. The smallest absolute Gasteiger partial charge is 0.344 e. The minimum Gasteiger partial charge on any atom is -0.482 e. The Labute approximate surface area is 145 Å². The Morgan fingerprint density at radius 1 is 1.08 bits per heavy atom. The maximum absolute atomic E-state index is 11.9. The van der Waals surface area contributed by atoms with Gasteiger partial charge in [-0.25, -0.2) is 9.59 Å². The van der Waals surface area contributed by atoms with E-state index in [4.69, 9.17) is 15.2 Å². The Kier molecular flexibility index (Phi) is 5.94. The van der Waals surface area contributed by atoms with E-state index >= 15 is 0 Å². The van der Waals surface area contributed by atoms with Crippen LogP contribution in [0, 0.1) is 5.92 Å². The molecule has 3 amide bonds. The molecule has 0 aliphatic rings. The van der Waals surface area contributed by atoms with E-state index in [2.05, 4.69) is 0 Å². The Hall–Kier alpha value is -3.09. The van der Waals surface area contributed by atoms with E-state index in [0.29, 0.717) is 5.75 Å². The van der Waals surface area contributed by atoms with Crippen LogP contribution >= 0.6 is 0 Å². The first-order chi connectivity index (χ1) is 11.9. The summed E-state index contributed by atoms with van der Waals surface area (Å²) in [4.78, 5) is 34.5. The van der Waals surface area contributed by atoms with Crippen molar-refractivity contribution >= 4 is 28.7 Å². The SMILES string of the molecule is CC(C)[C@H](OC(=O)COc1ccc2ccccc2c1)C(=O)NC(N)=O. The Morgan fingerprint density at radius 2 is 1.76 bits per heavy atom. The van der Waals surface area contributed by atoms with Crippen molar-refractivity contribution < 1.29 is 23.9 Å². The van der Waals surface area contributed by atoms with Gasteiger partial charge in [-0.15, -0.1) is 0 Å². The lowest BCUT2D eigenvalue weighted by molar-refractivity contribution is -0.160. The molecule has 7 heteroatoms. The molecular weight excluding hydrogens is 324 g/mol. The zero-order valence-electron chi connectivity index (χ0n) is 14.0. The van der Waals surface area contributed by atoms with E-state index in [-0.39, 0.29) is 12.5 Å². The van der Waals surface area contributed by atoms with Crippen molar-refractivity contribution in [3.05, 3.63) is 42.5 Å². The number of nitrogens with one attached hydrogen (secondary N) is 1. The average molecular weight is 344 g/mol. The molecule has 0 fully saturated rings. The third kappa shape index (κ3) is 5.20. The molecule has 0 aliphatic carbocycles. The maximum Gasteiger partial charge on any atom is 0.344 e. The van der Waals surface area contributed by atoms with Crippen molar-refractivity contribution in [2.24, 2.45) is 11.7 Å². The number of carbonyl (C=O) groups is 3. The molecule has 2 rings (SSSR count). The molecule has 0 unspecified atom stereocenters. The van der Waals surface area contributed by atoms with Crippen LogP contribution in [0.5, 0.6) is 5.75 Å². The molecular formula is C18H20N2O5. The maximum atomic E-state index is 11.9. The molecule has 0 spiro atoms. The number of esters is 1.